The summed E-state index contributed by atoms with van der Waals surface area (Å²) in [5.74, 6) is 0.246. The van der Waals surface area contributed by atoms with E-state index in [9.17, 15) is 9.59 Å². The molecule has 0 radical (unpaired) electrons. The Morgan fingerprint density at radius 2 is 2.00 bits per heavy atom. The first kappa shape index (κ1) is 12.2. The van der Waals surface area contributed by atoms with Gasteiger partial charge in [0.1, 0.15) is 0 Å². The molecule has 3 heteroatoms. The highest BCUT2D eigenvalue weighted by Crippen LogP contribution is 2.28. The van der Waals surface area contributed by atoms with Crippen LogP contribution in [0.4, 0.5) is 0 Å². The summed E-state index contributed by atoms with van der Waals surface area (Å²) in [5.41, 5.74) is -0.335. The first-order valence-electron chi connectivity index (χ1n) is 5.71. The largest absolute Gasteiger partial charge is 0.332 e. The van der Waals surface area contributed by atoms with Crippen molar-refractivity contribution >= 4 is 11.7 Å². The zero-order valence-electron chi connectivity index (χ0n) is 10.2. The van der Waals surface area contributed by atoms with Gasteiger partial charge < -0.3 is 4.90 Å². The van der Waals surface area contributed by atoms with Gasteiger partial charge in [0.05, 0.1) is 6.04 Å². The van der Waals surface area contributed by atoms with E-state index in [0.717, 1.165) is 25.8 Å². The van der Waals surface area contributed by atoms with E-state index in [0.29, 0.717) is 0 Å². The fraction of sp³-hybridized carbons (Fsp3) is 0.833. The van der Waals surface area contributed by atoms with Crippen LogP contribution in [-0.4, -0.2) is 29.2 Å². The first-order chi connectivity index (χ1) is 6.90. The molecule has 1 heterocycles. The molecule has 3 nitrogen and oxygen atoms in total. The lowest BCUT2D eigenvalue weighted by atomic mass is 9.88. The maximum Gasteiger partial charge on any atom is 0.228 e. The van der Waals surface area contributed by atoms with Crippen LogP contribution in [0.2, 0.25) is 0 Å². The van der Waals surface area contributed by atoms with Crippen molar-refractivity contribution in [2.24, 2.45) is 5.41 Å². The van der Waals surface area contributed by atoms with Gasteiger partial charge in [-0.25, -0.2) is 0 Å². The number of carbonyl (C=O) groups excluding carboxylic acids is 2. The zero-order chi connectivity index (χ0) is 11.6. The lowest BCUT2D eigenvalue weighted by molar-refractivity contribution is -0.144. The molecule has 86 valence electrons. The van der Waals surface area contributed by atoms with Gasteiger partial charge in [-0.05, 0) is 26.2 Å². The van der Waals surface area contributed by atoms with Crippen LogP contribution in [-0.2, 0) is 9.59 Å². The number of likely N-dealkylation sites (tertiary alicyclic amines) is 1. The van der Waals surface area contributed by atoms with Gasteiger partial charge in [0.25, 0.3) is 0 Å². The van der Waals surface area contributed by atoms with Crippen molar-refractivity contribution < 1.29 is 9.59 Å². The summed E-state index contributed by atoms with van der Waals surface area (Å²) in [6.07, 6.45) is 2.60. The number of rotatable bonds is 3. The molecule has 0 spiro atoms. The van der Waals surface area contributed by atoms with Gasteiger partial charge in [-0.2, -0.15) is 0 Å². The lowest BCUT2D eigenvalue weighted by Gasteiger charge is -2.31. The summed E-state index contributed by atoms with van der Waals surface area (Å²) in [7, 11) is 0. The molecular weight excluding hydrogens is 190 g/mol. The average molecular weight is 211 g/mol. The van der Waals surface area contributed by atoms with Crippen LogP contribution in [0.25, 0.3) is 0 Å². The van der Waals surface area contributed by atoms with Gasteiger partial charge in [-0.15, -0.1) is 0 Å². The van der Waals surface area contributed by atoms with Gasteiger partial charge in [-0.3, -0.25) is 9.59 Å². The predicted octanol–water partition coefficient (Wildman–Crippen LogP) is 2.00. The van der Waals surface area contributed by atoms with Gasteiger partial charge in [0, 0.05) is 12.0 Å². The lowest BCUT2D eigenvalue weighted by Crippen LogP contribution is -2.45. The Bertz CT molecular complexity index is 271. The minimum Gasteiger partial charge on any atom is -0.332 e. The number of hydrogen-bond acceptors (Lipinski definition) is 2. The Labute approximate surface area is 91.8 Å². The van der Waals surface area contributed by atoms with Crippen LogP contribution < -0.4 is 0 Å². The van der Waals surface area contributed by atoms with Crippen molar-refractivity contribution in [1.82, 2.24) is 4.90 Å². The molecule has 1 aliphatic rings. The van der Waals surface area contributed by atoms with E-state index in [1.165, 1.54) is 0 Å². The highest BCUT2D eigenvalue weighted by Gasteiger charge is 2.38. The molecule has 15 heavy (non-hydrogen) atoms. The van der Waals surface area contributed by atoms with E-state index >= 15 is 0 Å². The van der Waals surface area contributed by atoms with Crippen LogP contribution in [0.15, 0.2) is 0 Å². The van der Waals surface area contributed by atoms with E-state index in [1.807, 2.05) is 20.8 Å². The van der Waals surface area contributed by atoms with Gasteiger partial charge in [-0.1, -0.05) is 20.8 Å². The maximum absolute atomic E-state index is 12.2. The quantitative estimate of drug-likeness (QED) is 0.716. The maximum atomic E-state index is 12.2. The standard InChI is InChI=1S/C12H21NO2/c1-5-12(3,4)11(15)13-8-6-7-10(13)9(2)14/h10H,5-8H2,1-4H3/t10-/m0/s1. The molecule has 0 N–H and O–H groups in total. The average Bonchev–Trinajstić information content (AvgIpc) is 2.64. The molecule has 0 saturated carbocycles. The number of Topliss-reactive ketones (excluding diaryl/α,β-unsaturated/α-hetero) is 1. The minimum atomic E-state index is -0.335. The second-order valence-electron chi connectivity index (χ2n) is 5.00. The van der Waals surface area contributed by atoms with Crippen LogP contribution in [0.3, 0.4) is 0 Å². The SMILES string of the molecule is CCC(C)(C)C(=O)N1CCC[C@H]1C(C)=O. The Hall–Kier alpha value is -0.860. The number of hydrogen-bond donors (Lipinski definition) is 0. The van der Waals surface area contributed by atoms with Crippen LogP contribution >= 0.6 is 0 Å². The van der Waals surface area contributed by atoms with Crippen molar-refractivity contribution in [1.29, 1.82) is 0 Å². The summed E-state index contributed by atoms with van der Waals surface area (Å²) in [6, 6.07) is -0.164. The monoisotopic (exact) mass is 211 g/mol. The summed E-state index contributed by atoms with van der Waals surface area (Å²) < 4.78 is 0. The molecule has 1 rings (SSSR count). The molecular formula is C12H21NO2. The molecule has 0 bridgehead atoms. The molecule has 1 amide bonds. The normalized spacial score (nSPS) is 21.9. The van der Waals surface area contributed by atoms with Gasteiger partial charge >= 0.3 is 0 Å². The van der Waals surface area contributed by atoms with Crippen LogP contribution in [0.1, 0.15) is 47.0 Å². The molecule has 1 saturated heterocycles. The van der Waals surface area contributed by atoms with E-state index in [4.69, 9.17) is 0 Å². The smallest absolute Gasteiger partial charge is 0.228 e. The molecule has 1 aliphatic heterocycles. The Morgan fingerprint density at radius 3 is 2.47 bits per heavy atom. The van der Waals surface area contributed by atoms with Crippen molar-refractivity contribution in [2.75, 3.05) is 6.54 Å². The van der Waals surface area contributed by atoms with E-state index in [1.54, 1.807) is 11.8 Å². The summed E-state index contributed by atoms with van der Waals surface area (Å²) in [4.78, 5) is 25.3. The minimum absolute atomic E-state index is 0.118. The number of ketones is 1. The van der Waals surface area contributed by atoms with Gasteiger partial charge in [0.15, 0.2) is 5.78 Å². The van der Waals surface area contributed by atoms with E-state index < -0.39 is 0 Å². The number of nitrogens with zero attached hydrogens (tertiary/aromatic N) is 1. The van der Waals surface area contributed by atoms with Gasteiger partial charge in [0.2, 0.25) is 5.91 Å². The van der Waals surface area contributed by atoms with Crippen LogP contribution in [0.5, 0.6) is 0 Å². The molecule has 0 unspecified atom stereocenters. The number of amides is 1. The van der Waals surface area contributed by atoms with Crippen molar-refractivity contribution in [3.63, 3.8) is 0 Å². The molecule has 1 atom stereocenters. The topological polar surface area (TPSA) is 37.4 Å². The molecule has 0 aromatic heterocycles. The Kier molecular flexibility index (Phi) is 3.53. The Balaban J connectivity index is 2.79. The molecule has 0 aromatic carbocycles. The summed E-state index contributed by atoms with van der Waals surface area (Å²) in [5, 5.41) is 0. The highest BCUT2D eigenvalue weighted by molar-refractivity contribution is 5.90. The van der Waals surface area contributed by atoms with Crippen molar-refractivity contribution in [3.05, 3.63) is 0 Å². The third-order valence-electron chi connectivity index (χ3n) is 3.45. The van der Waals surface area contributed by atoms with E-state index in [-0.39, 0.29) is 23.1 Å². The molecule has 1 fully saturated rings. The molecule has 0 aliphatic carbocycles. The second-order valence-corrected chi connectivity index (χ2v) is 5.00. The van der Waals surface area contributed by atoms with E-state index in [2.05, 4.69) is 0 Å². The molecule has 0 aromatic rings. The third kappa shape index (κ3) is 2.39. The Morgan fingerprint density at radius 1 is 1.40 bits per heavy atom. The fourth-order valence-corrected chi connectivity index (χ4v) is 1.97. The zero-order valence-corrected chi connectivity index (χ0v) is 10.2. The summed E-state index contributed by atoms with van der Waals surface area (Å²) in [6.45, 7) is 8.23. The highest BCUT2D eigenvalue weighted by atomic mass is 16.2. The first-order valence-corrected chi connectivity index (χ1v) is 5.71. The van der Waals surface area contributed by atoms with Crippen LogP contribution in [0, 0.1) is 5.41 Å². The predicted molar refractivity (Wildman–Crippen MR) is 59.5 cm³/mol. The van der Waals surface area contributed by atoms with Crippen molar-refractivity contribution in [2.45, 2.75) is 53.0 Å². The third-order valence-corrected chi connectivity index (χ3v) is 3.45. The van der Waals surface area contributed by atoms with Crippen molar-refractivity contribution in [3.8, 4) is 0 Å². The number of carbonyl (C=O) groups is 2. The summed E-state index contributed by atoms with van der Waals surface area (Å²) >= 11 is 0. The fourth-order valence-electron chi connectivity index (χ4n) is 1.97. The second kappa shape index (κ2) is 4.33.